The number of aryl methyl sites for hydroxylation is 1. The molecule has 0 saturated heterocycles. The Morgan fingerprint density at radius 1 is 1.17 bits per heavy atom. The van der Waals surface area contributed by atoms with Crippen LogP contribution >= 0.6 is 0 Å². The third kappa shape index (κ3) is 5.15. The van der Waals surface area contributed by atoms with Crippen molar-refractivity contribution in [3.05, 3.63) is 41.7 Å². The Morgan fingerprint density at radius 3 is 2.52 bits per heavy atom. The fraction of sp³-hybridized carbons (Fsp3) is 0.357. The van der Waals surface area contributed by atoms with Gasteiger partial charge < -0.3 is 5.32 Å². The molecule has 1 heterocycles. The van der Waals surface area contributed by atoms with E-state index in [1.54, 1.807) is 6.92 Å². The number of aromatic nitrogens is 3. The first-order chi connectivity index (χ1) is 10.9. The highest BCUT2D eigenvalue weighted by Gasteiger charge is 2.15. The summed E-state index contributed by atoms with van der Waals surface area (Å²) < 4.78 is 24.2. The van der Waals surface area contributed by atoms with Gasteiger partial charge in [-0.3, -0.25) is 4.79 Å². The van der Waals surface area contributed by atoms with Gasteiger partial charge in [0.15, 0.2) is 5.69 Å². The Hall–Kier alpha value is -2.26. The van der Waals surface area contributed by atoms with Gasteiger partial charge in [-0.1, -0.05) is 18.2 Å². The number of hydrogen-bond acceptors (Lipinski definition) is 5. The van der Waals surface area contributed by atoms with Crippen LogP contribution in [0, 0.1) is 6.92 Å². The predicted octanol–water partition coefficient (Wildman–Crippen LogP) is 0.245. The zero-order valence-electron chi connectivity index (χ0n) is 13.0. The third-order valence-electron chi connectivity index (χ3n) is 2.99. The number of nitrogens with zero attached hydrogens (tertiary/aromatic N) is 3. The van der Waals surface area contributed by atoms with Crippen molar-refractivity contribution in [2.75, 3.05) is 19.3 Å². The number of sulfonamides is 1. The van der Waals surface area contributed by atoms with Gasteiger partial charge in [0.05, 0.1) is 17.6 Å². The molecule has 1 aromatic heterocycles. The molecule has 0 bridgehead atoms. The molecule has 8 nitrogen and oxygen atoms in total. The molecule has 2 N–H and O–H groups in total. The predicted molar refractivity (Wildman–Crippen MR) is 85.9 cm³/mol. The van der Waals surface area contributed by atoms with Gasteiger partial charge >= 0.3 is 0 Å². The first-order valence-electron chi connectivity index (χ1n) is 7.09. The van der Waals surface area contributed by atoms with Crippen LogP contribution in [0.2, 0.25) is 0 Å². The first-order valence-corrected chi connectivity index (χ1v) is 8.98. The Morgan fingerprint density at radius 2 is 1.87 bits per heavy atom. The molecular weight excluding hydrogens is 318 g/mol. The SMILES string of the molecule is Cc1nn(-c2ccccc2)nc1C(=O)NCCCNS(C)(=O)=O. The molecule has 0 radical (unpaired) electrons. The van der Waals surface area contributed by atoms with Crippen molar-refractivity contribution >= 4 is 15.9 Å². The first kappa shape index (κ1) is 17.1. The molecule has 1 aromatic carbocycles. The van der Waals surface area contributed by atoms with Crippen LogP contribution < -0.4 is 10.0 Å². The van der Waals surface area contributed by atoms with Gasteiger partial charge in [-0.15, -0.1) is 5.10 Å². The molecule has 23 heavy (non-hydrogen) atoms. The van der Waals surface area contributed by atoms with Crippen LogP contribution in [0.25, 0.3) is 5.69 Å². The standard InChI is InChI=1S/C14H19N5O3S/c1-11-13(14(20)15-9-6-10-16-23(2,21)22)18-19(17-11)12-7-4-3-5-8-12/h3-5,7-8,16H,6,9-10H2,1-2H3,(H,15,20). The van der Waals surface area contributed by atoms with Crippen molar-refractivity contribution in [1.29, 1.82) is 0 Å². The highest BCUT2D eigenvalue weighted by Crippen LogP contribution is 2.07. The zero-order chi connectivity index (χ0) is 16.9. The van der Waals surface area contributed by atoms with Gasteiger partial charge in [0.25, 0.3) is 5.91 Å². The summed E-state index contributed by atoms with van der Waals surface area (Å²) in [5.74, 6) is -0.330. The third-order valence-corrected chi connectivity index (χ3v) is 3.72. The summed E-state index contributed by atoms with van der Waals surface area (Å²) in [6.45, 7) is 2.33. The summed E-state index contributed by atoms with van der Waals surface area (Å²) in [4.78, 5) is 13.5. The second kappa shape index (κ2) is 7.34. The molecule has 2 aromatic rings. The molecule has 0 saturated carbocycles. The molecule has 0 aliphatic carbocycles. The number of para-hydroxylation sites is 1. The number of carbonyl (C=O) groups is 1. The van der Waals surface area contributed by atoms with Crippen LogP contribution in [0.15, 0.2) is 30.3 Å². The zero-order valence-corrected chi connectivity index (χ0v) is 13.8. The molecule has 9 heteroatoms. The van der Waals surface area contributed by atoms with Crippen molar-refractivity contribution < 1.29 is 13.2 Å². The Bertz CT molecular complexity index is 771. The van der Waals surface area contributed by atoms with Crippen LogP contribution in [-0.2, 0) is 10.0 Å². The van der Waals surface area contributed by atoms with E-state index in [9.17, 15) is 13.2 Å². The monoisotopic (exact) mass is 337 g/mol. The molecular formula is C14H19N5O3S. The lowest BCUT2D eigenvalue weighted by atomic mass is 10.3. The summed E-state index contributed by atoms with van der Waals surface area (Å²) in [5, 5.41) is 11.1. The summed E-state index contributed by atoms with van der Waals surface area (Å²) in [5.41, 5.74) is 1.55. The topological polar surface area (TPSA) is 106 Å². The van der Waals surface area contributed by atoms with Crippen molar-refractivity contribution in [2.45, 2.75) is 13.3 Å². The minimum absolute atomic E-state index is 0.255. The maximum Gasteiger partial charge on any atom is 0.273 e. The molecule has 124 valence electrons. The Kier molecular flexibility index (Phi) is 5.45. The average Bonchev–Trinajstić information content (AvgIpc) is 2.88. The fourth-order valence-corrected chi connectivity index (χ4v) is 2.41. The Labute approximate surface area is 134 Å². The van der Waals surface area contributed by atoms with Gasteiger partial charge in [0.1, 0.15) is 0 Å². The van der Waals surface area contributed by atoms with Crippen molar-refractivity contribution in [2.24, 2.45) is 0 Å². The van der Waals surface area contributed by atoms with Crippen LogP contribution in [0.4, 0.5) is 0 Å². The van der Waals surface area contributed by atoms with Gasteiger partial charge in [0.2, 0.25) is 10.0 Å². The number of hydrogen-bond donors (Lipinski definition) is 2. The summed E-state index contributed by atoms with van der Waals surface area (Å²) in [6, 6.07) is 9.30. The minimum atomic E-state index is -3.20. The number of benzene rings is 1. The minimum Gasteiger partial charge on any atom is -0.351 e. The van der Waals surface area contributed by atoms with Crippen molar-refractivity contribution in [3.8, 4) is 5.69 Å². The van der Waals surface area contributed by atoms with Gasteiger partial charge in [-0.05, 0) is 25.5 Å². The summed E-state index contributed by atoms with van der Waals surface area (Å²) >= 11 is 0. The quantitative estimate of drug-likeness (QED) is 0.704. The van der Waals surface area contributed by atoms with E-state index >= 15 is 0 Å². The van der Waals surface area contributed by atoms with Gasteiger partial charge in [0, 0.05) is 13.1 Å². The molecule has 0 atom stereocenters. The molecule has 0 fully saturated rings. The Balaban J connectivity index is 1.92. The number of amides is 1. The lowest BCUT2D eigenvalue weighted by Crippen LogP contribution is -2.29. The van der Waals surface area contributed by atoms with E-state index in [0.29, 0.717) is 18.7 Å². The van der Waals surface area contributed by atoms with Crippen LogP contribution in [0.1, 0.15) is 22.6 Å². The average molecular weight is 337 g/mol. The van der Waals surface area contributed by atoms with Crippen molar-refractivity contribution in [3.63, 3.8) is 0 Å². The second-order valence-electron chi connectivity index (χ2n) is 5.03. The maximum absolute atomic E-state index is 12.1. The smallest absolute Gasteiger partial charge is 0.273 e. The number of nitrogens with one attached hydrogen (secondary N) is 2. The number of carbonyl (C=O) groups excluding carboxylic acids is 1. The summed E-state index contributed by atoms with van der Waals surface area (Å²) in [7, 11) is -3.20. The lowest BCUT2D eigenvalue weighted by Gasteiger charge is -2.04. The second-order valence-corrected chi connectivity index (χ2v) is 6.87. The van der Waals surface area contributed by atoms with E-state index < -0.39 is 10.0 Å². The van der Waals surface area contributed by atoms with E-state index in [-0.39, 0.29) is 18.1 Å². The van der Waals surface area contributed by atoms with E-state index in [1.165, 1.54) is 4.80 Å². The molecule has 0 aliphatic rings. The van der Waals surface area contributed by atoms with E-state index in [4.69, 9.17) is 0 Å². The van der Waals surface area contributed by atoms with E-state index in [0.717, 1.165) is 11.9 Å². The largest absolute Gasteiger partial charge is 0.351 e. The normalized spacial score (nSPS) is 11.4. The fourth-order valence-electron chi connectivity index (χ4n) is 1.90. The van der Waals surface area contributed by atoms with Crippen LogP contribution in [-0.4, -0.2) is 48.7 Å². The molecule has 1 amide bonds. The summed E-state index contributed by atoms with van der Waals surface area (Å²) in [6.07, 6.45) is 1.58. The van der Waals surface area contributed by atoms with E-state index in [1.807, 2.05) is 30.3 Å². The van der Waals surface area contributed by atoms with Crippen LogP contribution in [0.5, 0.6) is 0 Å². The highest BCUT2D eigenvalue weighted by atomic mass is 32.2. The van der Waals surface area contributed by atoms with E-state index in [2.05, 4.69) is 20.2 Å². The molecule has 0 unspecified atom stereocenters. The highest BCUT2D eigenvalue weighted by molar-refractivity contribution is 7.88. The van der Waals surface area contributed by atoms with Crippen molar-refractivity contribution in [1.82, 2.24) is 25.0 Å². The lowest BCUT2D eigenvalue weighted by molar-refractivity contribution is 0.0947. The van der Waals surface area contributed by atoms with Gasteiger partial charge in [-0.2, -0.15) is 9.90 Å². The van der Waals surface area contributed by atoms with Crippen LogP contribution in [0.3, 0.4) is 0 Å². The number of rotatable bonds is 7. The maximum atomic E-state index is 12.1. The molecule has 2 rings (SSSR count). The molecule has 0 aliphatic heterocycles. The molecule has 0 spiro atoms. The van der Waals surface area contributed by atoms with Gasteiger partial charge in [-0.25, -0.2) is 13.1 Å².